The standard InChI is InChI=1S/C4H6O2.FH.Na/c1-3(2)4(5)6;;/h1H2,2H3,(H,5,6);1H;/q;;+1/p-1. The van der Waals surface area contributed by atoms with Crippen LogP contribution in [0, 0.1) is 0 Å². The molecule has 0 bridgehead atoms. The minimum atomic E-state index is -1.19. The van der Waals surface area contributed by atoms with E-state index in [4.69, 9.17) is 0 Å². The average Bonchev–Trinajstić information content (AvgIpc) is 1.36. The van der Waals surface area contributed by atoms with Crippen molar-refractivity contribution in [2.24, 2.45) is 0 Å². The first-order valence-corrected chi connectivity index (χ1v) is 1.51. The summed E-state index contributed by atoms with van der Waals surface area (Å²) in [5.74, 6) is -1.19. The van der Waals surface area contributed by atoms with E-state index in [0.29, 0.717) is 0 Å². The molecule has 0 aliphatic heterocycles. The van der Waals surface area contributed by atoms with Gasteiger partial charge in [0.1, 0.15) is 0 Å². The fourth-order valence-electron chi connectivity index (χ4n) is 0. The Labute approximate surface area is 69.2 Å². The first-order valence-electron chi connectivity index (χ1n) is 1.51. The number of carbonyl (C=O) groups excluding carboxylic acids is 1. The van der Waals surface area contributed by atoms with E-state index >= 15 is 0 Å². The van der Waals surface area contributed by atoms with Gasteiger partial charge in [-0.25, -0.2) is 0 Å². The summed E-state index contributed by atoms with van der Waals surface area (Å²) in [5, 5.41) is 9.49. The molecule has 8 heavy (non-hydrogen) atoms. The Bertz CT molecular complexity index is 80.0. The van der Waals surface area contributed by atoms with Crippen molar-refractivity contribution < 1.29 is 44.2 Å². The van der Waals surface area contributed by atoms with Crippen LogP contribution in [0.25, 0.3) is 0 Å². The van der Waals surface area contributed by atoms with Crippen molar-refractivity contribution in [1.29, 1.82) is 0 Å². The summed E-state index contributed by atoms with van der Waals surface area (Å²) < 4.78 is 0. The van der Waals surface area contributed by atoms with Gasteiger partial charge in [0, 0.05) is 0 Å². The molecule has 0 aliphatic carbocycles. The number of carboxylic acid groups (broad SMARTS) is 1. The van der Waals surface area contributed by atoms with Gasteiger partial charge in [-0.2, -0.15) is 0 Å². The van der Waals surface area contributed by atoms with Gasteiger partial charge in [0.05, 0.1) is 5.97 Å². The molecule has 0 unspecified atom stereocenters. The Morgan fingerprint density at radius 2 is 1.75 bits per heavy atom. The number of carboxylic acids is 1. The van der Waals surface area contributed by atoms with Crippen molar-refractivity contribution in [2.45, 2.75) is 6.92 Å². The van der Waals surface area contributed by atoms with E-state index in [2.05, 4.69) is 6.58 Å². The summed E-state index contributed by atoms with van der Waals surface area (Å²) in [6.07, 6.45) is 0. The van der Waals surface area contributed by atoms with Gasteiger partial charge >= 0.3 is 29.6 Å². The van der Waals surface area contributed by atoms with E-state index in [9.17, 15) is 9.90 Å². The zero-order valence-electron chi connectivity index (χ0n) is 4.93. The van der Waals surface area contributed by atoms with Crippen molar-refractivity contribution in [1.82, 2.24) is 0 Å². The van der Waals surface area contributed by atoms with E-state index in [1.165, 1.54) is 6.92 Å². The predicted octanol–water partition coefficient (Wildman–Crippen LogP) is -3.53. The zero-order valence-corrected chi connectivity index (χ0v) is 6.93. The minimum absolute atomic E-state index is 0. The number of hydrogen-bond donors (Lipinski definition) is 0. The van der Waals surface area contributed by atoms with E-state index in [0.717, 1.165) is 0 Å². The fourth-order valence-corrected chi connectivity index (χ4v) is 0. The van der Waals surface area contributed by atoms with Crippen molar-refractivity contribution in [3.63, 3.8) is 0 Å². The molecule has 0 fully saturated rings. The molecule has 0 rings (SSSR count). The molecule has 0 radical (unpaired) electrons. The summed E-state index contributed by atoms with van der Waals surface area (Å²) in [6.45, 7) is 4.48. The zero-order chi connectivity index (χ0) is 5.15. The fraction of sp³-hybridized carbons (Fsp3) is 0.250. The number of aliphatic carboxylic acids is 1. The van der Waals surface area contributed by atoms with Crippen LogP contribution < -0.4 is 34.7 Å². The molecule has 0 saturated carbocycles. The second kappa shape index (κ2) is 7.14. The molecule has 0 aromatic heterocycles. The molecule has 4 heteroatoms. The van der Waals surface area contributed by atoms with Crippen LogP contribution in [0.5, 0.6) is 0 Å². The second-order valence-electron chi connectivity index (χ2n) is 1.07. The normalized spacial score (nSPS) is 5.62. The molecule has 0 saturated heterocycles. The van der Waals surface area contributed by atoms with Crippen LogP contribution >= 0.6 is 0 Å². The maximum absolute atomic E-state index is 9.49. The van der Waals surface area contributed by atoms with Crippen molar-refractivity contribution in [3.05, 3.63) is 12.2 Å². The second-order valence-corrected chi connectivity index (χ2v) is 1.07. The monoisotopic (exact) mass is 128 g/mol. The number of rotatable bonds is 1. The summed E-state index contributed by atoms with van der Waals surface area (Å²) >= 11 is 0. The molecule has 0 aliphatic rings. The van der Waals surface area contributed by atoms with E-state index < -0.39 is 5.97 Å². The largest absolute Gasteiger partial charge is 1.00 e. The van der Waals surface area contributed by atoms with Crippen LogP contribution in [-0.4, -0.2) is 5.97 Å². The van der Waals surface area contributed by atoms with Gasteiger partial charge in [0.25, 0.3) is 0 Å². The predicted molar refractivity (Wildman–Crippen MR) is 22.3 cm³/mol. The van der Waals surface area contributed by atoms with Crippen LogP contribution in [0.3, 0.4) is 0 Å². The Balaban J connectivity index is -0.000000125. The van der Waals surface area contributed by atoms with Gasteiger partial charge in [-0.1, -0.05) is 6.58 Å². The van der Waals surface area contributed by atoms with Crippen molar-refractivity contribution in [2.75, 3.05) is 0 Å². The molecule has 0 heterocycles. The number of halogens is 1. The molecule has 0 atom stereocenters. The molecule has 2 nitrogen and oxygen atoms in total. The summed E-state index contributed by atoms with van der Waals surface area (Å²) in [6, 6.07) is 0. The van der Waals surface area contributed by atoms with Gasteiger partial charge < -0.3 is 9.90 Å². The third kappa shape index (κ3) is 9.46. The van der Waals surface area contributed by atoms with Crippen LogP contribution in [0.2, 0.25) is 0 Å². The molecular weight excluding hydrogens is 122 g/mol. The van der Waals surface area contributed by atoms with Gasteiger partial charge in [0.15, 0.2) is 0 Å². The summed E-state index contributed by atoms with van der Waals surface area (Å²) in [7, 11) is 0. The SMILES string of the molecule is C=C(C)C(=O)[O-].F.[Na+]. The Morgan fingerprint density at radius 1 is 1.62 bits per heavy atom. The maximum Gasteiger partial charge on any atom is 1.00 e. The van der Waals surface area contributed by atoms with Crippen molar-refractivity contribution >= 4 is 5.97 Å². The molecular formula is C4H6FNaO2. The van der Waals surface area contributed by atoms with Gasteiger partial charge in [-0.3, -0.25) is 4.70 Å². The van der Waals surface area contributed by atoms with Gasteiger partial charge in [-0.05, 0) is 12.5 Å². The smallest absolute Gasteiger partial charge is 0.545 e. The Morgan fingerprint density at radius 3 is 1.75 bits per heavy atom. The van der Waals surface area contributed by atoms with Crippen LogP contribution in [-0.2, 0) is 4.79 Å². The van der Waals surface area contributed by atoms with Gasteiger partial charge in [-0.15, -0.1) is 0 Å². The van der Waals surface area contributed by atoms with Crippen LogP contribution in [0.15, 0.2) is 12.2 Å². The third-order valence-electron chi connectivity index (χ3n) is 0.348. The summed E-state index contributed by atoms with van der Waals surface area (Å²) in [4.78, 5) is 9.49. The first-order chi connectivity index (χ1) is 2.64. The van der Waals surface area contributed by atoms with Crippen molar-refractivity contribution in [3.8, 4) is 0 Å². The van der Waals surface area contributed by atoms with E-state index in [-0.39, 0.29) is 39.8 Å². The molecule has 0 N–H and O–H groups in total. The Kier molecular flexibility index (Phi) is 14.0. The molecule has 0 spiro atoms. The van der Waals surface area contributed by atoms with Gasteiger partial charge in [0.2, 0.25) is 0 Å². The first kappa shape index (κ1) is 15.7. The quantitative estimate of drug-likeness (QED) is 0.271. The average molecular weight is 128 g/mol. The number of hydrogen-bond acceptors (Lipinski definition) is 2. The topological polar surface area (TPSA) is 40.1 Å². The third-order valence-corrected chi connectivity index (χ3v) is 0.348. The molecule has 0 aromatic rings. The summed E-state index contributed by atoms with van der Waals surface area (Å²) in [5.41, 5.74) is 0.0648. The number of carbonyl (C=O) groups is 1. The maximum atomic E-state index is 9.49. The molecule has 0 aromatic carbocycles. The van der Waals surface area contributed by atoms with E-state index in [1.54, 1.807) is 0 Å². The van der Waals surface area contributed by atoms with E-state index in [1.807, 2.05) is 0 Å². The molecule has 0 amide bonds. The Hall–Kier alpha value is 0.140. The minimum Gasteiger partial charge on any atom is -0.545 e. The molecule has 42 valence electrons. The van der Waals surface area contributed by atoms with Crippen LogP contribution in [0.1, 0.15) is 6.92 Å². The van der Waals surface area contributed by atoms with Crippen LogP contribution in [0.4, 0.5) is 4.70 Å².